The quantitative estimate of drug-likeness (QED) is 0.704. The smallest absolute Gasteiger partial charge is 0.0603 e. The first-order chi connectivity index (χ1) is 9.22. The fourth-order valence-corrected chi connectivity index (χ4v) is 2.97. The monoisotopic (exact) mass is 430 g/mol. The van der Waals surface area contributed by atoms with Crippen LogP contribution in [-0.4, -0.2) is 11.5 Å². The summed E-state index contributed by atoms with van der Waals surface area (Å²) in [6, 6.07) is 10.7. The maximum absolute atomic E-state index is 4.23. The molecule has 2 aromatic rings. The Balaban J connectivity index is 2.40. The van der Waals surface area contributed by atoms with Gasteiger partial charge < -0.3 is 5.32 Å². The molecule has 1 aromatic heterocycles. The Hall–Kier alpha value is -0.460. The standard InChI is InChI=1S/C15H16BrIN2/c1-2-7-19-15(11-4-3-8-18-10-11)13-9-12(17)5-6-14(13)16/h3-6,8-10,15,19H,2,7H2,1H3. The van der Waals surface area contributed by atoms with E-state index >= 15 is 0 Å². The van der Waals surface area contributed by atoms with E-state index in [2.05, 4.69) is 80.0 Å². The molecule has 2 nitrogen and oxygen atoms in total. The summed E-state index contributed by atoms with van der Waals surface area (Å²) in [6.45, 7) is 3.16. The average molecular weight is 431 g/mol. The van der Waals surface area contributed by atoms with E-state index in [1.165, 1.54) is 14.7 Å². The normalized spacial score (nSPS) is 12.4. The van der Waals surface area contributed by atoms with Crippen molar-refractivity contribution in [3.63, 3.8) is 0 Å². The Kier molecular flexibility index (Phi) is 5.78. The van der Waals surface area contributed by atoms with Crippen LogP contribution in [0.1, 0.15) is 30.5 Å². The molecule has 0 aliphatic carbocycles. The molecule has 0 spiro atoms. The lowest BCUT2D eigenvalue weighted by atomic mass is 10.00. The second-order valence-electron chi connectivity index (χ2n) is 4.34. The van der Waals surface area contributed by atoms with Gasteiger partial charge in [0.25, 0.3) is 0 Å². The lowest BCUT2D eigenvalue weighted by molar-refractivity contribution is 0.595. The Morgan fingerprint density at radius 3 is 2.89 bits per heavy atom. The lowest BCUT2D eigenvalue weighted by Gasteiger charge is -2.20. The van der Waals surface area contributed by atoms with Crippen molar-refractivity contribution in [1.82, 2.24) is 10.3 Å². The van der Waals surface area contributed by atoms with Crippen LogP contribution in [0.3, 0.4) is 0 Å². The van der Waals surface area contributed by atoms with Crippen LogP contribution in [0.25, 0.3) is 0 Å². The molecule has 0 amide bonds. The predicted octanol–water partition coefficient (Wildman–Crippen LogP) is 4.54. The highest BCUT2D eigenvalue weighted by Crippen LogP contribution is 2.29. The van der Waals surface area contributed by atoms with Crippen LogP contribution >= 0.6 is 38.5 Å². The van der Waals surface area contributed by atoms with Gasteiger partial charge in [0.05, 0.1) is 6.04 Å². The van der Waals surface area contributed by atoms with Crippen molar-refractivity contribution in [2.45, 2.75) is 19.4 Å². The molecule has 1 unspecified atom stereocenters. The van der Waals surface area contributed by atoms with Crippen molar-refractivity contribution < 1.29 is 0 Å². The summed E-state index contributed by atoms with van der Waals surface area (Å²) in [7, 11) is 0. The first kappa shape index (κ1) is 14.9. The molecular formula is C15H16BrIN2. The van der Waals surface area contributed by atoms with Gasteiger partial charge in [-0.1, -0.05) is 28.9 Å². The first-order valence-electron chi connectivity index (χ1n) is 6.30. The SMILES string of the molecule is CCCNC(c1cccnc1)c1cc(I)ccc1Br. The molecule has 0 fully saturated rings. The van der Waals surface area contributed by atoms with Gasteiger partial charge >= 0.3 is 0 Å². The number of nitrogens with one attached hydrogen (secondary N) is 1. The van der Waals surface area contributed by atoms with E-state index < -0.39 is 0 Å². The maximum Gasteiger partial charge on any atom is 0.0603 e. The van der Waals surface area contributed by atoms with E-state index in [4.69, 9.17) is 0 Å². The van der Waals surface area contributed by atoms with Crippen LogP contribution in [0, 0.1) is 3.57 Å². The topological polar surface area (TPSA) is 24.9 Å². The molecule has 0 saturated heterocycles. The number of nitrogens with zero attached hydrogens (tertiary/aromatic N) is 1. The summed E-state index contributed by atoms with van der Waals surface area (Å²) in [4.78, 5) is 4.23. The van der Waals surface area contributed by atoms with E-state index in [1.54, 1.807) is 0 Å². The highest BCUT2D eigenvalue weighted by atomic mass is 127. The molecule has 19 heavy (non-hydrogen) atoms. The number of hydrogen-bond acceptors (Lipinski definition) is 2. The zero-order valence-corrected chi connectivity index (χ0v) is 14.5. The van der Waals surface area contributed by atoms with Gasteiger partial charge in [-0.25, -0.2) is 0 Å². The van der Waals surface area contributed by atoms with Crippen LogP contribution < -0.4 is 5.32 Å². The molecule has 2 rings (SSSR count). The Morgan fingerprint density at radius 2 is 2.21 bits per heavy atom. The van der Waals surface area contributed by atoms with Crippen LogP contribution in [0.15, 0.2) is 47.2 Å². The van der Waals surface area contributed by atoms with Crippen molar-refractivity contribution in [2.75, 3.05) is 6.54 Å². The minimum atomic E-state index is 0.178. The third-order valence-corrected chi connectivity index (χ3v) is 4.28. The largest absolute Gasteiger partial charge is 0.306 e. The van der Waals surface area contributed by atoms with Crippen molar-refractivity contribution in [2.24, 2.45) is 0 Å². The number of hydrogen-bond donors (Lipinski definition) is 1. The molecule has 1 aromatic carbocycles. The number of rotatable bonds is 5. The maximum atomic E-state index is 4.23. The summed E-state index contributed by atoms with van der Waals surface area (Å²) in [5, 5.41) is 3.60. The molecule has 0 saturated carbocycles. The van der Waals surface area contributed by atoms with E-state index in [0.717, 1.165) is 17.4 Å². The first-order valence-corrected chi connectivity index (χ1v) is 8.17. The third kappa shape index (κ3) is 4.00. The van der Waals surface area contributed by atoms with Gasteiger partial charge in [-0.15, -0.1) is 0 Å². The summed E-state index contributed by atoms with van der Waals surface area (Å²) in [5.74, 6) is 0. The molecule has 0 aliphatic rings. The number of pyridine rings is 1. The summed E-state index contributed by atoms with van der Waals surface area (Å²) < 4.78 is 2.37. The summed E-state index contributed by atoms with van der Waals surface area (Å²) in [6.07, 6.45) is 4.85. The molecule has 1 N–H and O–H groups in total. The van der Waals surface area contributed by atoms with Gasteiger partial charge in [-0.05, 0) is 70.9 Å². The van der Waals surface area contributed by atoms with Gasteiger partial charge in [-0.3, -0.25) is 4.98 Å². The minimum Gasteiger partial charge on any atom is -0.306 e. The molecule has 0 bridgehead atoms. The fraction of sp³-hybridized carbons (Fsp3) is 0.267. The molecule has 100 valence electrons. The number of benzene rings is 1. The van der Waals surface area contributed by atoms with Crippen molar-refractivity contribution in [3.05, 3.63) is 61.9 Å². The van der Waals surface area contributed by atoms with Gasteiger partial charge in [0.2, 0.25) is 0 Å². The van der Waals surface area contributed by atoms with E-state index in [0.29, 0.717) is 0 Å². The third-order valence-electron chi connectivity index (χ3n) is 2.89. The van der Waals surface area contributed by atoms with Crippen LogP contribution in [0.4, 0.5) is 0 Å². The lowest BCUT2D eigenvalue weighted by Crippen LogP contribution is -2.23. The molecule has 0 aliphatic heterocycles. The molecule has 1 atom stereocenters. The van der Waals surface area contributed by atoms with Crippen molar-refractivity contribution in [3.8, 4) is 0 Å². The zero-order chi connectivity index (χ0) is 13.7. The zero-order valence-electron chi connectivity index (χ0n) is 10.7. The Bertz CT molecular complexity index is 531. The molecular weight excluding hydrogens is 415 g/mol. The average Bonchev–Trinajstić information content (AvgIpc) is 2.44. The van der Waals surface area contributed by atoms with Crippen LogP contribution in [-0.2, 0) is 0 Å². The second-order valence-corrected chi connectivity index (χ2v) is 6.44. The molecule has 1 heterocycles. The van der Waals surface area contributed by atoms with Crippen molar-refractivity contribution >= 4 is 38.5 Å². The highest BCUT2D eigenvalue weighted by molar-refractivity contribution is 14.1. The van der Waals surface area contributed by atoms with E-state index in [1.807, 2.05) is 18.5 Å². The molecule has 4 heteroatoms. The van der Waals surface area contributed by atoms with Crippen LogP contribution in [0.5, 0.6) is 0 Å². The Morgan fingerprint density at radius 1 is 1.37 bits per heavy atom. The van der Waals surface area contributed by atoms with Gasteiger partial charge in [0.15, 0.2) is 0 Å². The summed E-state index contributed by atoms with van der Waals surface area (Å²) in [5.41, 5.74) is 2.45. The van der Waals surface area contributed by atoms with Crippen molar-refractivity contribution in [1.29, 1.82) is 0 Å². The molecule has 0 radical (unpaired) electrons. The van der Waals surface area contributed by atoms with E-state index in [9.17, 15) is 0 Å². The Labute approximate surface area is 136 Å². The van der Waals surface area contributed by atoms with Crippen LogP contribution in [0.2, 0.25) is 0 Å². The second kappa shape index (κ2) is 7.36. The number of aromatic nitrogens is 1. The van der Waals surface area contributed by atoms with Gasteiger partial charge in [0, 0.05) is 20.4 Å². The van der Waals surface area contributed by atoms with Gasteiger partial charge in [-0.2, -0.15) is 0 Å². The van der Waals surface area contributed by atoms with E-state index in [-0.39, 0.29) is 6.04 Å². The fourth-order valence-electron chi connectivity index (χ4n) is 1.98. The highest BCUT2D eigenvalue weighted by Gasteiger charge is 2.16. The minimum absolute atomic E-state index is 0.178. The van der Waals surface area contributed by atoms with Gasteiger partial charge in [0.1, 0.15) is 0 Å². The predicted molar refractivity (Wildman–Crippen MR) is 91.2 cm³/mol. The summed E-state index contributed by atoms with van der Waals surface area (Å²) >= 11 is 6.00. The number of halogens is 2.